The molecule has 0 saturated heterocycles. The van der Waals surface area contributed by atoms with Crippen LogP contribution in [0, 0.1) is 19.8 Å². The van der Waals surface area contributed by atoms with Gasteiger partial charge >= 0.3 is 5.97 Å². The minimum atomic E-state index is -0.944. The Morgan fingerprint density at radius 1 is 1.00 bits per heavy atom. The van der Waals surface area contributed by atoms with E-state index in [-0.39, 0.29) is 17.8 Å². The number of amides is 1. The van der Waals surface area contributed by atoms with Gasteiger partial charge in [-0.25, -0.2) is 0 Å². The fourth-order valence-electron chi connectivity index (χ4n) is 3.52. The van der Waals surface area contributed by atoms with Crippen molar-refractivity contribution in [2.45, 2.75) is 52.1 Å². The number of carbonyl (C=O) groups is 2. The molecule has 1 aliphatic rings. The second-order valence-corrected chi connectivity index (χ2v) is 7.37. The van der Waals surface area contributed by atoms with Gasteiger partial charge in [-0.2, -0.15) is 0 Å². The Morgan fingerprint density at radius 2 is 1.70 bits per heavy atom. The zero-order valence-corrected chi connectivity index (χ0v) is 16.0. The largest absolute Gasteiger partial charge is 0.447 e. The Labute approximate surface area is 160 Å². The summed E-state index contributed by atoms with van der Waals surface area (Å²) in [7, 11) is 0. The molecular weight excluding hydrogens is 338 g/mol. The van der Waals surface area contributed by atoms with E-state index in [1.165, 1.54) is 6.42 Å². The summed E-state index contributed by atoms with van der Waals surface area (Å²) in [6.07, 6.45) is 4.01. The summed E-state index contributed by atoms with van der Waals surface area (Å²) in [6.45, 7) is 3.92. The highest BCUT2D eigenvalue weighted by molar-refractivity contribution is 5.96. The lowest BCUT2D eigenvalue weighted by molar-refractivity contribution is -0.159. The van der Waals surface area contributed by atoms with Crippen molar-refractivity contribution in [3.8, 4) is 0 Å². The maximum Gasteiger partial charge on any atom is 0.310 e. The molecule has 0 heterocycles. The van der Waals surface area contributed by atoms with Crippen molar-refractivity contribution in [1.82, 2.24) is 0 Å². The van der Waals surface area contributed by atoms with Crippen LogP contribution in [0.4, 0.5) is 5.69 Å². The average molecular weight is 365 g/mol. The smallest absolute Gasteiger partial charge is 0.310 e. The number of nitrogens with one attached hydrogen (secondary N) is 1. The molecule has 1 unspecified atom stereocenters. The van der Waals surface area contributed by atoms with Gasteiger partial charge in [-0.1, -0.05) is 61.7 Å². The second-order valence-electron chi connectivity index (χ2n) is 7.37. The zero-order valence-electron chi connectivity index (χ0n) is 16.0. The first kappa shape index (κ1) is 19.2. The van der Waals surface area contributed by atoms with E-state index in [4.69, 9.17) is 4.74 Å². The lowest BCUT2D eigenvalue weighted by atomic mass is 9.89. The lowest BCUT2D eigenvalue weighted by Crippen LogP contribution is -2.29. The molecule has 27 heavy (non-hydrogen) atoms. The third-order valence-corrected chi connectivity index (χ3v) is 5.16. The van der Waals surface area contributed by atoms with E-state index in [0.29, 0.717) is 5.56 Å². The van der Waals surface area contributed by atoms with E-state index in [1.54, 1.807) is 0 Å². The number of anilines is 1. The molecule has 142 valence electrons. The predicted octanol–water partition coefficient (Wildman–Crippen LogP) is 5.11. The molecule has 1 amide bonds. The van der Waals surface area contributed by atoms with E-state index >= 15 is 0 Å². The fraction of sp³-hybridized carbons (Fsp3) is 0.391. The number of esters is 1. The quantitative estimate of drug-likeness (QED) is 0.749. The van der Waals surface area contributed by atoms with Crippen LogP contribution >= 0.6 is 0 Å². The van der Waals surface area contributed by atoms with Crippen LogP contribution in [0.1, 0.15) is 54.9 Å². The van der Waals surface area contributed by atoms with Gasteiger partial charge in [-0.3, -0.25) is 9.59 Å². The van der Waals surface area contributed by atoms with Crippen molar-refractivity contribution in [1.29, 1.82) is 0 Å². The van der Waals surface area contributed by atoms with Crippen molar-refractivity contribution >= 4 is 17.6 Å². The zero-order chi connectivity index (χ0) is 19.2. The first-order valence-corrected chi connectivity index (χ1v) is 9.68. The van der Waals surface area contributed by atoms with Gasteiger partial charge in [0.2, 0.25) is 6.10 Å². The van der Waals surface area contributed by atoms with Crippen molar-refractivity contribution in [3.63, 3.8) is 0 Å². The molecule has 0 aliphatic heterocycles. The minimum absolute atomic E-state index is 0.0986. The maximum absolute atomic E-state index is 13.0. The molecule has 2 aromatic carbocycles. The molecule has 0 spiro atoms. The number of hydrogen-bond donors (Lipinski definition) is 1. The first-order chi connectivity index (χ1) is 13.0. The summed E-state index contributed by atoms with van der Waals surface area (Å²) < 4.78 is 5.73. The standard InChI is InChI=1S/C23H27NO3/c1-16-13-14-17(2)20(15-16)24-22(25)21(18-9-5-3-6-10-18)27-23(26)19-11-7-4-8-12-19/h3,5-6,9-10,13-15,19,21H,4,7-8,11-12H2,1-2H3,(H,24,25). The van der Waals surface area contributed by atoms with Crippen molar-refractivity contribution in [2.75, 3.05) is 5.32 Å². The Bertz CT molecular complexity index is 795. The topological polar surface area (TPSA) is 55.4 Å². The van der Waals surface area contributed by atoms with E-state index in [0.717, 1.165) is 42.5 Å². The molecule has 3 rings (SSSR count). The number of rotatable bonds is 5. The number of ether oxygens (including phenoxy) is 1. The maximum atomic E-state index is 13.0. The van der Waals surface area contributed by atoms with Crippen LogP contribution in [0.5, 0.6) is 0 Å². The summed E-state index contributed by atoms with van der Waals surface area (Å²) in [6, 6.07) is 15.1. The molecule has 4 nitrogen and oxygen atoms in total. The Kier molecular flexibility index (Phi) is 6.28. The summed E-state index contributed by atoms with van der Waals surface area (Å²) in [5.74, 6) is -0.683. The second kappa shape index (κ2) is 8.85. The van der Waals surface area contributed by atoms with Crippen molar-refractivity contribution < 1.29 is 14.3 Å². The van der Waals surface area contributed by atoms with Gasteiger partial charge in [0.25, 0.3) is 5.91 Å². The molecule has 1 aliphatic carbocycles. The van der Waals surface area contributed by atoms with Gasteiger partial charge in [0.1, 0.15) is 0 Å². The third-order valence-electron chi connectivity index (χ3n) is 5.16. The van der Waals surface area contributed by atoms with Gasteiger partial charge < -0.3 is 10.1 Å². The Morgan fingerprint density at radius 3 is 2.41 bits per heavy atom. The third kappa shape index (κ3) is 4.97. The van der Waals surface area contributed by atoms with Crippen LogP contribution in [0.25, 0.3) is 0 Å². The van der Waals surface area contributed by atoms with Crippen molar-refractivity contribution in [3.05, 3.63) is 65.2 Å². The Hall–Kier alpha value is -2.62. The molecule has 1 atom stereocenters. The molecule has 2 aromatic rings. The summed E-state index contributed by atoms with van der Waals surface area (Å²) in [5, 5.41) is 2.94. The van der Waals surface area contributed by atoms with Gasteiger partial charge in [0.15, 0.2) is 0 Å². The number of aryl methyl sites for hydroxylation is 2. The lowest BCUT2D eigenvalue weighted by Gasteiger charge is -2.24. The van der Waals surface area contributed by atoms with Gasteiger partial charge in [-0.05, 0) is 43.9 Å². The molecular formula is C23H27NO3. The van der Waals surface area contributed by atoms with E-state index < -0.39 is 6.10 Å². The van der Waals surface area contributed by atoms with Crippen LogP contribution in [0.2, 0.25) is 0 Å². The molecule has 0 bridgehead atoms. The Balaban J connectivity index is 1.80. The van der Waals surface area contributed by atoms with Crippen LogP contribution in [0.15, 0.2) is 48.5 Å². The van der Waals surface area contributed by atoms with E-state index in [9.17, 15) is 9.59 Å². The number of hydrogen-bond acceptors (Lipinski definition) is 3. The van der Waals surface area contributed by atoms with Crippen LogP contribution < -0.4 is 5.32 Å². The molecule has 1 fully saturated rings. The van der Waals surface area contributed by atoms with Gasteiger partial charge in [0.05, 0.1) is 5.92 Å². The van der Waals surface area contributed by atoms with Gasteiger partial charge in [-0.15, -0.1) is 0 Å². The molecule has 4 heteroatoms. The summed E-state index contributed by atoms with van der Waals surface area (Å²) in [5.41, 5.74) is 3.46. The highest BCUT2D eigenvalue weighted by Gasteiger charge is 2.30. The SMILES string of the molecule is Cc1ccc(C)c(NC(=O)C(OC(=O)C2CCCCC2)c2ccccc2)c1. The monoisotopic (exact) mass is 365 g/mol. The van der Waals surface area contributed by atoms with E-state index in [1.807, 2.05) is 62.4 Å². The highest BCUT2D eigenvalue weighted by atomic mass is 16.5. The minimum Gasteiger partial charge on any atom is -0.447 e. The van der Waals surface area contributed by atoms with Crippen LogP contribution in [0.3, 0.4) is 0 Å². The molecule has 0 aromatic heterocycles. The highest BCUT2D eigenvalue weighted by Crippen LogP contribution is 2.28. The normalized spacial score (nSPS) is 15.8. The van der Waals surface area contributed by atoms with Gasteiger partial charge in [0, 0.05) is 11.3 Å². The van der Waals surface area contributed by atoms with E-state index in [2.05, 4.69) is 5.32 Å². The predicted molar refractivity (Wildman–Crippen MR) is 106 cm³/mol. The molecule has 0 radical (unpaired) electrons. The summed E-state index contributed by atoms with van der Waals surface area (Å²) in [4.78, 5) is 25.7. The molecule has 1 saturated carbocycles. The average Bonchev–Trinajstić information content (AvgIpc) is 2.70. The summed E-state index contributed by atoms with van der Waals surface area (Å²) >= 11 is 0. The van der Waals surface area contributed by atoms with Crippen LogP contribution in [-0.2, 0) is 14.3 Å². The number of carbonyl (C=O) groups excluding carboxylic acids is 2. The van der Waals surface area contributed by atoms with Crippen LogP contribution in [-0.4, -0.2) is 11.9 Å². The fourth-order valence-corrected chi connectivity index (χ4v) is 3.52. The first-order valence-electron chi connectivity index (χ1n) is 9.68. The number of benzene rings is 2. The molecule has 1 N–H and O–H groups in total. The van der Waals surface area contributed by atoms with Crippen molar-refractivity contribution in [2.24, 2.45) is 5.92 Å².